The van der Waals surface area contributed by atoms with Gasteiger partial charge in [-0.2, -0.15) is 0 Å². The van der Waals surface area contributed by atoms with Crippen molar-refractivity contribution in [2.75, 3.05) is 5.32 Å². The van der Waals surface area contributed by atoms with Crippen molar-refractivity contribution in [3.8, 4) is 0 Å². The fourth-order valence-electron chi connectivity index (χ4n) is 2.54. The van der Waals surface area contributed by atoms with Gasteiger partial charge in [-0.05, 0) is 60.7 Å². The van der Waals surface area contributed by atoms with Crippen molar-refractivity contribution in [1.82, 2.24) is 0 Å². The number of fused-ring (bicyclic) bond motifs is 1. The van der Waals surface area contributed by atoms with Gasteiger partial charge >= 0.3 is 0 Å². The summed E-state index contributed by atoms with van der Waals surface area (Å²) in [6, 6.07) is 11.2. The number of hydrogen-bond donors (Lipinski definition) is 2. The fraction of sp³-hybridized carbons (Fsp3) is 0.188. The van der Waals surface area contributed by atoms with E-state index in [2.05, 4.69) is 30.1 Å². The van der Waals surface area contributed by atoms with Crippen LogP contribution in [0.15, 0.2) is 41.3 Å². The largest absolute Gasteiger partial charge is 0.322 e. The van der Waals surface area contributed by atoms with E-state index in [9.17, 15) is 4.79 Å². The molecule has 102 valence electrons. The van der Waals surface area contributed by atoms with Crippen LogP contribution in [0.2, 0.25) is 5.02 Å². The van der Waals surface area contributed by atoms with E-state index >= 15 is 0 Å². The molecule has 0 spiro atoms. The molecule has 0 aromatic heterocycles. The monoisotopic (exact) mass is 303 g/mol. The van der Waals surface area contributed by atoms with Gasteiger partial charge in [0.2, 0.25) is 0 Å². The minimum absolute atomic E-state index is 0.205. The van der Waals surface area contributed by atoms with Gasteiger partial charge in [0.05, 0.1) is 10.6 Å². The highest BCUT2D eigenvalue weighted by molar-refractivity contribution is 7.80. The zero-order valence-corrected chi connectivity index (χ0v) is 12.5. The SMILES string of the molecule is O=C(Nc1ccc2c(c1)CCC2)c1cc(S)ccc1Cl. The number of aryl methyl sites for hydroxylation is 2. The van der Waals surface area contributed by atoms with Crippen molar-refractivity contribution in [2.24, 2.45) is 0 Å². The summed E-state index contributed by atoms with van der Waals surface area (Å²) < 4.78 is 0. The molecule has 4 heteroatoms. The van der Waals surface area contributed by atoms with Gasteiger partial charge < -0.3 is 5.32 Å². The van der Waals surface area contributed by atoms with E-state index < -0.39 is 0 Å². The maximum Gasteiger partial charge on any atom is 0.257 e. The normalized spacial score (nSPS) is 13.1. The Labute approximate surface area is 128 Å². The maximum atomic E-state index is 12.3. The highest BCUT2D eigenvalue weighted by atomic mass is 35.5. The predicted molar refractivity (Wildman–Crippen MR) is 85.1 cm³/mol. The number of carbonyl (C=O) groups is 1. The molecule has 0 radical (unpaired) electrons. The van der Waals surface area contributed by atoms with Crippen molar-refractivity contribution >= 4 is 35.8 Å². The second-order valence-electron chi connectivity index (χ2n) is 4.96. The topological polar surface area (TPSA) is 29.1 Å². The first kappa shape index (κ1) is 13.5. The van der Waals surface area contributed by atoms with Crippen LogP contribution in [0.5, 0.6) is 0 Å². The fourth-order valence-corrected chi connectivity index (χ4v) is 2.94. The van der Waals surface area contributed by atoms with Gasteiger partial charge in [0, 0.05) is 10.6 Å². The van der Waals surface area contributed by atoms with E-state index in [1.54, 1.807) is 18.2 Å². The van der Waals surface area contributed by atoms with Crippen LogP contribution < -0.4 is 5.32 Å². The Bertz CT molecular complexity index is 684. The van der Waals surface area contributed by atoms with Crippen molar-refractivity contribution in [3.05, 3.63) is 58.1 Å². The number of carbonyl (C=O) groups excluding carboxylic acids is 1. The highest BCUT2D eigenvalue weighted by Gasteiger charge is 2.14. The zero-order valence-electron chi connectivity index (χ0n) is 10.8. The number of thiol groups is 1. The summed E-state index contributed by atoms with van der Waals surface area (Å²) in [4.78, 5) is 13.0. The van der Waals surface area contributed by atoms with Gasteiger partial charge in [0.1, 0.15) is 0 Å². The van der Waals surface area contributed by atoms with Gasteiger partial charge in [0.15, 0.2) is 0 Å². The van der Waals surface area contributed by atoms with Crippen LogP contribution in [0.25, 0.3) is 0 Å². The molecule has 1 amide bonds. The first-order valence-electron chi connectivity index (χ1n) is 6.55. The number of benzene rings is 2. The quantitative estimate of drug-likeness (QED) is 0.793. The van der Waals surface area contributed by atoms with Crippen molar-refractivity contribution in [1.29, 1.82) is 0 Å². The first-order chi connectivity index (χ1) is 9.63. The molecule has 0 fully saturated rings. The lowest BCUT2D eigenvalue weighted by Crippen LogP contribution is -2.12. The summed E-state index contributed by atoms with van der Waals surface area (Å²) in [5.41, 5.74) is 3.98. The zero-order chi connectivity index (χ0) is 14.1. The molecule has 1 aliphatic rings. The lowest BCUT2D eigenvalue weighted by atomic mass is 10.1. The average molecular weight is 304 g/mol. The summed E-state index contributed by atoms with van der Waals surface area (Å²) in [6.07, 6.45) is 3.42. The van der Waals surface area contributed by atoms with Crippen LogP contribution in [-0.4, -0.2) is 5.91 Å². The number of hydrogen-bond acceptors (Lipinski definition) is 2. The number of amides is 1. The van der Waals surface area contributed by atoms with E-state index in [1.165, 1.54) is 17.5 Å². The molecule has 0 heterocycles. The summed E-state index contributed by atoms with van der Waals surface area (Å²) in [5, 5.41) is 3.33. The molecule has 0 atom stereocenters. The first-order valence-corrected chi connectivity index (χ1v) is 7.38. The predicted octanol–water partition coefficient (Wildman–Crippen LogP) is 4.37. The average Bonchev–Trinajstić information content (AvgIpc) is 2.89. The molecular weight excluding hydrogens is 290 g/mol. The van der Waals surface area contributed by atoms with Crippen molar-refractivity contribution in [3.63, 3.8) is 0 Å². The second kappa shape index (κ2) is 5.51. The van der Waals surface area contributed by atoms with E-state index in [-0.39, 0.29) is 5.91 Å². The molecule has 1 N–H and O–H groups in total. The number of rotatable bonds is 2. The van der Waals surface area contributed by atoms with Crippen LogP contribution >= 0.6 is 24.2 Å². The third kappa shape index (κ3) is 2.69. The molecule has 0 saturated heterocycles. The van der Waals surface area contributed by atoms with Gasteiger partial charge in [-0.3, -0.25) is 4.79 Å². The van der Waals surface area contributed by atoms with Crippen LogP contribution in [-0.2, 0) is 12.8 Å². The Morgan fingerprint density at radius 1 is 1.10 bits per heavy atom. The Morgan fingerprint density at radius 3 is 2.75 bits per heavy atom. The molecule has 2 nitrogen and oxygen atoms in total. The van der Waals surface area contributed by atoms with Crippen LogP contribution in [0.1, 0.15) is 27.9 Å². The molecule has 20 heavy (non-hydrogen) atoms. The third-order valence-corrected chi connectivity index (χ3v) is 4.16. The molecule has 0 saturated carbocycles. The van der Waals surface area contributed by atoms with Gasteiger partial charge in [-0.25, -0.2) is 0 Å². The van der Waals surface area contributed by atoms with E-state index in [0.717, 1.165) is 18.5 Å². The Balaban J connectivity index is 1.84. The molecule has 0 unspecified atom stereocenters. The van der Waals surface area contributed by atoms with E-state index in [0.29, 0.717) is 15.5 Å². The standard InChI is InChI=1S/C16H14ClNOS/c17-15-7-6-13(20)9-14(15)16(19)18-12-5-4-10-2-1-3-11(10)8-12/h4-9,20H,1-3H2,(H,18,19). The van der Waals surface area contributed by atoms with Gasteiger partial charge in [0.25, 0.3) is 5.91 Å². The van der Waals surface area contributed by atoms with Gasteiger partial charge in [-0.15, -0.1) is 12.6 Å². The number of halogens is 1. The van der Waals surface area contributed by atoms with E-state index in [4.69, 9.17) is 11.6 Å². The molecule has 0 bridgehead atoms. The lowest BCUT2D eigenvalue weighted by Gasteiger charge is -2.09. The van der Waals surface area contributed by atoms with Gasteiger partial charge in [-0.1, -0.05) is 17.7 Å². The Hall–Kier alpha value is -1.45. The maximum absolute atomic E-state index is 12.3. The molecule has 3 rings (SSSR count). The summed E-state index contributed by atoms with van der Waals surface area (Å²) in [6.45, 7) is 0. The Kier molecular flexibility index (Phi) is 3.72. The minimum atomic E-state index is -0.205. The van der Waals surface area contributed by atoms with Crippen LogP contribution in [0, 0.1) is 0 Å². The summed E-state index contributed by atoms with van der Waals surface area (Å²) in [7, 11) is 0. The molecule has 0 aliphatic heterocycles. The molecule has 2 aromatic rings. The number of anilines is 1. The summed E-state index contributed by atoms with van der Waals surface area (Å²) in [5.74, 6) is -0.205. The smallest absolute Gasteiger partial charge is 0.257 e. The molecular formula is C16H14ClNOS. The Morgan fingerprint density at radius 2 is 1.90 bits per heavy atom. The third-order valence-electron chi connectivity index (χ3n) is 3.55. The van der Waals surface area contributed by atoms with E-state index in [1.807, 2.05) is 6.07 Å². The number of nitrogens with one attached hydrogen (secondary N) is 1. The molecule has 2 aromatic carbocycles. The lowest BCUT2D eigenvalue weighted by molar-refractivity contribution is 0.102. The van der Waals surface area contributed by atoms with Crippen LogP contribution in [0.4, 0.5) is 5.69 Å². The second-order valence-corrected chi connectivity index (χ2v) is 5.88. The molecule has 1 aliphatic carbocycles. The highest BCUT2D eigenvalue weighted by Crippen LogP contribution is 2.26. The minimum Gasteiger partial charge on any atom is -0.322 e. The van der Waals surface area contributed by atoms with Crippen molar-refractivity contribution < 1.29 is 4.79 Å². The summed E-state index contributed by atoms with van der Waals surface area (Å²) >= 11 is 10.3. The van der Waals surface area contributed by atoms with Crippen LogP contribution in [0.3, 0.4) is 0 Å². The van der Waals surface area contributed by atoms with Crippen molar-refractivity contribution in [2.45, 2.75) is 24.2 Å².